The summed E-state index contributed by atoms with van der Waals surface area (Å²) in [6.07, 6.45) is 2.81. The minimum atomic E-state index is -0.0886. The highest BCUT2D eigenvalue weighted by Crippen LogP contribution is 1.99. The Hall–Kier alpha value is -1.68. The third kappa shape index (κ3) is 3.37. The third-order valence-corrected chi connectivity index (χ3v) is 1.64. The van der Waals surface area contributed by atoms with Gasteiger partial charge in [-0.2, -0.15) is 0 Å². The molecule has 1 aromatic carbocycles. The van der Waals surface area contributed by atoms with Gasteiger partial charge in [0.2, 0.25) is 0 Å². The van der Waals surface area contributed by atoms with Crippen molar-refractivity contribution >= 4 is 23.1 Å². The molecule has 1 aromatic rings. The zero-order valence-electron chi connectivity index (χ0n) is 7.44. The monoisotopic (exact) mass is 206 g/mol. The topological polar surface area (TPSA) is 55.1 Å². The van der Waals surface area contributed by atoms with Crippen molar-refractivity contribution in [3.05, 3.63) is 48.2 Å². The number of carbonyl (C=O) groups excluding carboxylic acids is 1. The van der Waals surface area contributed by atoms with Gasteiger partial charge in [-0.3, -0.25) is 4.79 Å². The Kier molecular flexibility index (Phi) is 3.82. The van der Waals surface area contributed by atoms with Crippen LogP contribution in [0, 0.1) is 0 Å². The average Bonchev–Trinajstić information content (AvgIpc) is 2.18. The minimum Gasteiger partial charge on any atom is -0.376 e. The van der Waals surface area contributed by atoms with E-state index in [0.717, 1.165) is 0 Å². The molecule has 1 rings (SSSR count). The summed E-state index contributed by atoms with van der Waals surface area (Å²) in [5.41, 5.74) is 5.81. The van der Waals surface area contributed by atoms with Crippen LogP contribution in [0.15, 0.2) is 42.6 Å². The van der Waals surface area contributed by atoms with Crippen molar-refractivity contribution in [2.24, 2.45) is 5.73 Å². The maximum atomic E-state index is 11.4. The molecule has 3 nitrogen and oxygen atoms in total. The maximum absolute atomic E-state index is 11.4. The van der Waals surface area contributed by atoms with Gasteiger partial charge in [-0.1, -0.05) is 30.3 Å². The zero-order chi connectivity index (χ0) is 10.4. The van der Waals surface area contributed by atoms with Crippen molar-refractivity contribution in [2.75, 3.05) is 0 Å². The standard InChI is InChI=1S/C10H10N2OS/c11-10(14)12-7-6-9(13)8-4-2-1-3-5-8/h1-7H,(H3,11,12,14). The summed E-state index contributed by atoms with van der Waals surface area (Å²) in [6, 6.07) is 8.96. The van der Waals surface area contributed by atoms with Gasteiger partial charge in [-0.25, -0.2) is 0 Å². The molecule has 0 atom stereocenters. The van der Waals surface area contributed by atoms with Gasteiger partial charge in [0.25, 0.3) is 0 Å². The third-order valence-electron chi connectivity index (χ3n) is 1.52. The number of benzene rings is 1. The van der Waals surface area contributed by atoms with Crippen LogP contribution in [0.4, 0.5) is 0 Å². The van der Waals surface area contributed by atoms with E-state index in [9.17, 15) is 4.79 Å². The van der Waals surface area contributed by atoms with Crippen molar-refractivity contribution in [3.63, 3.8) is 0 Å². The number of hydrogen-bond acceptors (Lipinski definition) is 2. The first-order valence-electron chi connectivity index (χ1n) is 4.02. The molecule has 0 saturated carbocycles. The average molecular weight is 206 g/mol. The Morgan fingerprint density at radius 1 is 1.36 bits per heavy atom. The normalized spacial score (nSPS) is 10.0. The van der Waals surface area contributed by atoms with Crippen LogP contribution in [-0.2, 0) is 0 Å². The summed E-state index contributed by atoms with van der Waals surface area (Å²) >= 11 is 4.57. The SMILES string of the molecule is NC(=S)NC=CC(=O)c1ccccc1. The van der Waals surface area contributed by atoms with Crippen LogP contribution in [0.3, 0.4) is 0 Å². The van der Waals surface area contributed by atoms with Gasteiger partial charge in [-0.05, 0) is 12.2 Å². The molecule has 0 aliphatic heterocycles. The van der Waals surface area contributed by atoms with Crippen LogP contribution in [0.25, 0.3) is 0 Å². The molecule has 0 amide bonds. The highest BCUT2D eigenvalue weighted by molar-refractivity contribution is 7.80. The first-order valence-corrected chi connectivity index (χ1v) is 4.43. The van der Waals surface area contributed by atoms with Crippen molar-refractivity contribution < 1.29 is 4.79 Å². The first kappa shape index (κ1) is 10.4. The quantitative estimate of drug-likeness (QED) is 0.443. The highest BCUT2D eigenvalue weighted by Gasteiger charge is 1.98. The molecule has 0 spiro atoms. The summed E-state index contributed by atoms with van der Waals surface area (Å²) < 4.78 is 0. The lowest BCUT2D eigenvalue weighted by Gasteiger charge is -1.95. The molecular weight excluding hydrogens is 196 g/mol. The van der Waals surface area contributed by atoms with Crippen molar-refractivity contribution in [1.29, 1.82) is 0 Å². The van der Waals surface area contributed by atoms with Crippen LogP contribution < -0.4 is 11.1 Å². The fourth-order valence-electron chi connectivity index (χ4n) is 0.898. The molecule has 0 unspecified atom stereocenters. The van der Waals surface area contributed by atoms with E-state index in [1.54, 1.807) is 12.1 Å². The second kappa shape index (κ2) is 5.14. The number of nitrogens with two attached hydrogens (primary N) is 1. The molecule has 72 valence electrons. The van der Waals surface area contributed by atoms with Crippen LogP contribution in [0.1, 0.15) is 10.4 Å². The van der Waals surface area contributed by atoms with E-state index < -0.39 is 0 Å². The summed E-state index contributed by atoms with van der Waals surface area (Å²) in [4.78, 5) is 11.4. The largest absolute Gasteiger partial charge is 0.376 e. The van der Waals surface area contributed by atoms with Gasteiger partial charge in [0, 0.05) is 17.8 Å². The molecule has 0 saturated heterocycles. The van der Waals surface area contributed by atoms with Crippen LogP contribution in [0.2, 0.25) is 0 Å². The predicted octanol–water partition coefficient (Wildman–Crippen LogP) is 1.22. The van der Waals surface area contributed by atoms with E-state index >= 15 is 0 Å². The van der Waals surface area contributed by atoms with E-state index in [1.165, 1.54) is 12.3 Å². The molecule has 0 aliphatic rings. The van der Waals surface area contributed by atoms with Gasteiger partial charge in [-0.15, -0.1) is 0 Å². The Morgan fingerprint density at radius 2 is 2.00 bits per heavy atom. The molecule has 14 heavy (non-hydrogen) atoms. The van der Waals surface area contributed by atoms with Gasteiger partial charge < -0.3 is 11.1 Å². The lowest BCUT2D eigenvalue weighted by Crippen LogP contribution is -2.23. The minimum absolute atomic E-state index is 0.0886. The van der Waals surface area contributed by atoms with Crippen molar-refractivity contribution in [3.8, 4) is 0 Å². The van der Waals surface area contributed by atoms with Gasteiger partial charge in [0.1, 0.15) is 0 Å². The predicted molar refractivity (Wildman–Crippen MR) is 59.8 cm³/mol. The number of ketones is 1. The second-order valence-electron chi connectivity index (χ2n) is 2.57. The van der Waals surface area contributed by atoms with Crippen LogP contribution in [-0.4, -0.2) is 10.9 Å². The lowest BCUT2D eigenvalue weighted by molar-refractivity contribution is 0.104. The van der Waals surface area contributed by atoms with Crippen molar-refractivity contribution in [2.45, 2.75) is 0 Å². The number of allylic oxidation sites excluding steroid dienone is 1. The molecule has 4 heteroatoms. The smallest absolute Gasteiger partial charge is 0.187 e. The van der Waals surface area contributed by atoms with E-state index in [-0.39, 0.29) is 10.9 Å². The zero-order valence-corrected chi connectivity index (χ0v) is 8.25. The Bertz CT molecular complexity index is 360. The molecule has 0 bridgehead atoms. The van der Waals surface area contributed by atoms with E-state index in [0.29, 0.717) is 5.56 Å². The number of carbonyl (C=O) groups is 1. The molecule has 0 aliphatic carbocycles. The summed E-state index contributed by atoms with van der Waals surface area (Å²) in [7, 11) is 0. The van der Waals surface area contributed by atoms with Gasteiger partial charge in [0.15, 0.2) is 10.9 Å². The fraction of sp³-hybridized carbons (Fsp3) is 0. The Balaban J connectivity index is 2.59. The summed E-state index contributed by atoms with van der Waals surface area (Å²) in [5, 5.41) is 2.69. The second-order valence-corrected chi connectivity index (χ2v) is 3.01. The van der Waals surface area contributed by atoms with E-state index in [1.807, 2.05) is 18.2 Å². The summed E-state index contributed by atoms with van der Waals surface area (Å²) in [5.74, 6) is -0.0886. The number of thiocarbonyl (C=S) groups is 1. The number of rotatable bonds is 3. The molecule has 0 fully saturated rings. The Labute approximate surface area is 87.6 Å². The molecule has 0 radical (unpaired) electrons. The van der Waals surface area contributed by atoms with Crippen LogP contribution in [0.5, 0.6) is 0 Å². The number of nitrogens with one attached hydrogen (secondary N) is 1. The highest BCUT2D eigenvalue weighted by atomic mass is 32.1. The van der Waals surface area contributed by atoms with Gasteiger partial charge >= 0.3 is 0 Å². The van der Waals surface area contributed by atoms with Crippen LogP contribution >= 0.6 is 12.2 Å². The molecular formula is C10H10N2OS. The number of hydrogen-bond donors (Lipinski definition) is 2. The fourth-order valence-corrected chi connectivity index (χ4v) is 0.966. The van der Waals surface area contributed by atoms with Crippen molar-refractivity contribution in [1.82, 2.24) is 5.32 Å². The van der Waals surface area contributed by atoms with E-state index in [4.69, 9.17) is 5.73 Å². The molecule has 0 heterocycles. The summed E-state index contributed by atoms with van der Waals surface area (Å²) in [6.45, 7) is 0. The van der Waals surface area contributed by atoms with E-state index in [2.05, 4.69) is 17.5 Å². The lowest BCUT2D eigenvalue weighted by atomic mass is 10.1. The molecule has 0 aromatic heterocycles. The Morgan fingerprint density at radius 3 is 2.57 bits per heavy atom. The molecule has 3 N–H and O–H groups in total. The maximum Gasteiger partial charge on any atom is 0.187 e. The first-order chi connectivity index (χ1) is 6.70. The van der Waals surface area contributed by atoms with Gasteiger partial charge in [0.05, 0.1) is 0 Å².